The molecule has 94 valence electrons. The monoisotopic (exact) mass is 316 g/mol. The molecule has 0 aliphatic carbocycles. The van der Waals surface area contributed by atoms with Crippen molar-refractivity contribution in [2.75, 3.05) is 12.5 Å². The third-order valence-corrected chi connectivity index (χ3v) is 4.49. The Balaban J connectivity index is 1.94. The molecule has 1 aromatic rings. The number of hydrogen-bond acceptors (Lipinski definition) is 1. The summed E-state index contributed by atoms with van der Waals surface area (Å²) in [5.41, 5.74) is 1.32. The molecule has 0 N–H and O–H groups in total. The molecule has 2 rings (SSSR count). The molecule has 1 heterocycles. The van der Waals surface area contributed by atoms with Gasteiger partial charge in [-0.2, -0.15) is 0 Å². The number of rotatable bonds is 5. The van der Waals surface area contributed by atoms with Crippen molar-refractivity contribution in [1.82, 2.24) is 0 Å². The van der Waals surface area contributed by atoms with E-state index in [1.807, 2.05) is 6.07 Å². The Hall–Kier alpha value is -0.0500. The predicted molar refractivity (Wildman–Crippen MR) is 75.8 cm³/mol. The zero-order chi connectivity index (χ0) is 12.1. The maximum Gasteiger partial charge on any atom is 0.0576 e. The van der Waals surface area contributed by atoms with Crippen LogP contribution in [0.15, 0.2) is 28.7 Å². The summed E-state index contributed by atoms with van der Waals surface area (Å²) in [5.74, 6) is 1.10. The van der Waals surface area contributed by atoms with Crippen molar-refractivity contribution >= 4 is 27.5 Å². The Kier molecular flexibility index (Phi) is 5.33. The number of halogens is 2. The fourth-order valence-corrected chi connectivity index (χ4v) is 3.31. The summed E-state index contributed by atoms with van der Waals surface area (Å²) in [6, 6.07) is 8.36. The molecule has 2 atom stereocenters. The maximum absolute atomic E-state index is 6.10. The van der Waals surface area contributed by atoms with Crippen molar-refractivity contribution in [3.8, 4) is 0 Å². The third kappa shape index (κ3) is 3.70. The minimum atomic E-state index is 0.427. The average molecular weight is 318 g/mol. The summed E-state index contributed by atoms with van der Waals surface area (Å²) in [5, 5.41) is 0. The topological polar surface area (TPSA) is 9.23 Å². The molecule has 1 aliphatic heterocycles. The van der Waals surface area contributed by atoms with Gasteiger partial charge >= 0.3 is 0 Å². The van der Waals surface area contributed by atoms with Crippen LogP contribution in [0.25, 0.3) is 0 Å². The van der Waals surface area contributed by atoms with Crippen LogP contribution in [-0.4, -0.2) is 18.6 Å². The van der Waals surface area contributed by atoms with Crippen molar-refractivity contribution in [3.05, 3.63) is 34.3 Å². The Morgan fingerprint density at radius 2 is 2.24 bits per heavy atom. The van der Waals surface area contributed by atoms with Crippen molar-refractivity contribution in [1.29, 1.82) is 0 Å². The van der Waals surface area contributed by atoms with Gasteiger partial charge in [0.05, 0.1) is 6.10 Å². The Morgan fingerprint density at radius 3 is 2.88 bits per heavy atom. The van der Waals surface area contributed by atoms with Gasteiger partial charge in [0.25, 0.3) is 0 Å². The second kappa shape index (κ2) is 6.77. The predicted octanol–water partition coefficient (Wildman–Crippen LogP) is 4.73. The Bertz CT molecular complexity index is 350. The lowest BCUT2D eigenvalue weighted by Crippen LogP contribution is -2.09. The van der Waals surface area contributed by atoms with Gasteiger partial charge < -0.3 is 4.74 Å². The molecule has 0 aromatic heterocycles. The molecule has 0 spiro atoms. The van der Waals surface area contributed by atoms with Gasteiger partial charge in [-0.05, 0) is 43.2 Å². The average Bonchev–Trinajstić information content (AvgIpc) is 2.85. The van der Waals surface area contributed by atoms with E-state index in [0.29, 0.717) is 17.9 Å². The molecule has 3 heteroatoms. The molecule has 1 saturated heterocycles. The first-order valence-corrected chi connectivity index (χ1v) is 7.56. The van der Waals surface area contributed by atoms with Gasteiger partial charge in [0.2, 0.25) is 0 Å². The normalized spacial score (nSPS) is 21.6. The van der Waals surface area contributed by atoms with E-state index in [0.717, 1.165) is 23.9 Å². The molecule has 2 unspecified atom stereocenters. The van der Waals surface area contributed by atoms with Crippen LogP contribution in [0, 0.1) is 0 Å². The minimum Gasteiger partial charge on any atom is -0.378 e. The fraction of sp³-hybridized carbons (Fsp3) is 0.571. The highest BCUT2D eigenvalue weighted by atomic mass is 79.9. The lowest BCUT2D eigenvalue weighted by Gasteiger charge is -2.18. The smallest absolute Gasteiger partial charge is 0.0576 e. The molecule has 1 fully saturated rings. The summed E-state index contributed by atoms with van der Waals surface area (Å²) in [6.45, 7) is 0.936. The van der Waals surface area contributed by atoms with E-state index in [1.54, 1.807) is 0 Å². The van der Waals surface area contributed by atoms with E-state index >= 15 is 0 Å². The van der Waals surface area contributed by atoms with E-state index in [4.69, 9.17) is 16.3 Å². The van der Waals surface area contributed by atoms with Gasteiger partial charge in [0.15, 0.2) is 0 Å². The number of alkyl halides is 1. The summed E-state index contributed by atoms with van der Waals surface area (Å²) in [7, 11) is 0. The van der Waals surface area contributed by atoms with E-state index in [1.165, 1.54) is 18.4 Å². The lowest BCUT2D eigenvalue weighted by molar-refractivity contribution is 0.101. The van der Waals surface area contributed by atoms with Crippen LogP contribution in [0.1, 0.15) is 37.2 Å². The second-order valence-electron chi connectivity index (χ2n) is 4.59. The second-order valence-corrected chi connectivity index (χ2v) is 5.75. The molecule has 1 nitrogen and oxygen atoms in total. The summed E-state index contributed by atoms with van der Waals surface area (Å²) in [6.07, 6.45) is 5.12. The van der Waals surface area contributed by atoms with E-state index in [2.05, 4.69) is 34.1 Å². The first-order valence-electron chi connectivity index (χ1n) is 6.23. The van der Waals surface area contributed by atoms with E-state index in [-0.39, 0.29) is 0 Å². The zero-order valence-corrected chi connectivity index (χ0v) is 12.2. The van der Waals surface area contributed by atoms with Crippen LogP contribution < -0.4 is 0 Å². The first kappa shape index (κ1) is 13.4. The van der Waals surface area contributed by atoms with Gasteiger partial charge in [0, 0.05) is 17.0 Å². The Labute approximate surface area is 117 Å². The van der Waals surface area contributed by atoms with Crippen molar-refractivity contribution < 1.29 is 4.74 Å². The van der Waals surface area contributed by atoms with Crippen molar-refractivity contribution in [2.24, 2.45) is 0 Å². The van der Waals surface area contributed by atoms with Crippen LogP contribution in [0.2, 0.25) is 0 Å². The standard InChI is InChI=1S/C14H18BrClO/c15-14-6-2-1-5-13(14)11(10-16)7-8-12-4-3-9-17-12/h1-2,5-6,11-12H,3-4,7-10H2. The molecular weight excluding hydrogens is 300 g/mol. The lowest BCUT2D eigenvalue weighted by atomic mass is 9.94. The highest BCUT2D eigenvalue weighted by Gasteiger charge is 2.19. The zero-order valence-electron chi connectivity index (χ0n) is 9.87. The van der Waals surface area contributed by atoms with Crippen molar-refractivity contribution in [2.45, 2.75) is 37.7 Å². The van der Waals surface area contributed by atoms with Crippen LogP contribution in [-0.2, 0) is 4.74 Å². The quantitative estimate of drug-likeness (QED) is 0.713. The van der Waals surface area contributed by atoms with Gasteiger partial charge in [-0.15, -0.1) is 11.6 Å². The first-order chi connectivity index (χ1) is 8.31. The SMILES string of the molecule is ClCC(CCC1CCCO1)c1ccccc1Br. The third-order valence-electron chi connectivity index (χ3n) is 3.39. The largest absolute Gasteiger partial charge is 0.378 e. The van der Waals surface area contributed by atoms with Crippen molar-refractivity contribution in [3.63, 3.8) is 0 Å². The molecular formula is C14H18BrClO. The maximum atomic E-state index is 6.10. The fourth-order valence-electron chi connectivity index (χ4n) is 2.38. The number of hydrogen-bond donors (Lipinski definition) is 0. The Morgan fingerprint density at radius 1 is 1.41 bits per heavy atom. The van der Waals surface area contributed by atoms with Gasteiger partial charge in [-0.3, -0.25) is 0 Å². The van der Waals surface area contributed by atoms with Gasteiger partial charge in [-0.1, -0.05) is 34.1 Å². The van der Waals surface area contributed by atoms with Crippen LogP contribution in [0.4, 0.5) is 0 Å². The minimum absolute atomic E-state index is 0.427. The summed E-state index contributed by atoms with van der Waals surface area (Å²) < 4.78 is 6.82. The highest BCUT2D eigenvalue weighted by Crippen LogP contribution is 2.31. The van der Waals surface area contributed by atoms with Gasteiger partial charge in [0.1, 0.15) is 0 Å². The molecule has 1 aromatic carbocycles. The number of benzene rings is 1. The summed E-state index contributed by atoms with van der Waals surface area (Å²) >= 11 is 9.70. The molecule has 0 amide bonds. The number of ether oxygens (including phenoxy) is 1. The van der Waals surface area contributed by atoms with Crippen LogP contribution in [0.5, 0.6) is 0 Å². The molecule has 0 saturated carbocycles. The molecule has 0 bridgehead atoms. The molecule has 1 aliphatic rings. The highest BCUT2D eigenvalue weighted by molar-refractivity contribution is 9.10. The van der Waals surface area contributed by atoms with E-state index in [9.17, 15) is 0 Å². The van der Waals surface area contributed by atoms with Crippen LogP contribution >= 0.6 is 27.5 Å². The van der Waals surface area contributed by atoms with Gasteiger partial charge in [-0.25, -0.2) is 0 Å². The van der Waals surface area contributed by atoms with Crippen LogP contribution in [0.3, 0.4) is 0 Å². The molecule has 17 heavy (non-hydrogen) atoms. The summed E-state index contributed by atoms with van der Waals surface area (Å²) in [4.78, 5) is 0. The molecule has 0 radical (unpaired) electrons. The van der Waals surface area contributed by atoms with E-state index < -0.39 is 0 Å².